The molecule has 5 N–H and O–H groups in total. The van der Waals surface area contributed by atoms with Crippen LogP contribution in [0.4, 0.5) is 5.69 Å². The Morgan fingerprint density at radius 3 is 2.18 bits per heavy atom. The van der Waals surface area contributed by atoms with Gasteiger partial charge in [-0.1, -0.05) is 30.3 Å². The van der Waals surface area contributed by atoms with Crippen LogP contribution in [0.3, 0.4) is 0 Å². The van der Waals surface area contributed by atoms with E-state index in [4.69, 9.17) is 5.73 Å². The number of nitrogens with one attached hydrogen (secondary N) is 3. The third kappa shape index (κ3) is 7.38. The van der Waals surface area contributed by atoms with Crippen molar-refractivity contribution in [1.29, 1.82) is 0 Å². The highest BCUT2D eigenvalue weighted by Gasteiger charge is 2.12. The lowest BCUT2D eigenvalue weighted by Gasteiger charge is -2.11. The molecule has 0 spiro atoms. The van der Waals surface area contributed by atoms with Gasteiger partial charge in [0.25, 0.3) is 11.8 Å². The van der Waals surface area contributed by atoms with Gasteiger partial charge in [0.15, 0.2) is 0 Å². The van der Waals surface area contributed by atoms with Crippen molar-refractivity contribution in [2.24, 2.45) is 5.73 Å². The van der Waals surface area contributed by atoms with Crippen LogP contribution in [0.2, 0.25) is 0 Å². The molecule has 0 fully saturated rings. The number of hydrogen-bond donors (Lipinski definition) is 4. The molecule has 28 heavy (non-hydrogen) atoms. The first kappa shape index (κ1) is 23.1. The van der Waals surface area contributed by atoms with Crippen molar-refractivity contribution in [3.63, 3.8) is 0 Å². The predicted octanol–water partition coefficient (Wildman–Crippen LogP) is 1.95. The Morgan fingerprint density at radius 2 is 1.46 bits per heavy atom. The van der Waals surface area contributed by atoms with E-state index in [1.54, 1.807) is 48.5 Å². The van der Waals surface area contributed by atoms with E-state index < -0.39 is 0 Å². The fourth-order valence-electron chi connectivity index (χ4n) is 2.43. The lowest BCUT2D eigenvalue weighted by atomic mass is 10.1. The molecule has 0 aliphatic carbocycles. The van der Waals surface area contributed by atoms with Crippen molar-refractivity contribution >= 4 is 35.8 Å². The maximum Gasteiger partial charge on any atom is 0.253 e. The number of halogens is 1. The van der Waals surface area contributed by atoms with Crippen molar-refractivity contribution in [3.8, 4) is 0 Å². The fourth-order valence-corrected chi connectivity index (χ4v) is 2.43. The third-order valence-electron chi connectivity index (χ3n) is 3.78. The molecule has 0 saturated heterocycles. The number of amides is 3. The summed E-state index contributed by atoms with van der Waals surface area (Å²) >= 11 is 0. The normalized spacial score (nSPS) is 9.75. The smallest absolute Gasteiger partial charge is 0.253 e. The van der Waals surface area contributed by atoms with Crippen LogP contribution < -0.4 is 21.7 Å². The van der Waals surface area contributed by atoms with Gasteiger partial charge in [-0.2, -0.15) is 0 Å². The summed E-state index contributed by atoms with van der Waals surface area (Å²) < 4.78 is 0. The molecule has 0 aliphatic rings. The quantitative estimate of drug-likeness (QED) is 0.478. The van der Waals surface area contributed by atoms with Crippen LogP contribution in [-0.2, 0) is 4.79 Å². The van der Waals surface area contributed by atoms with Crippen molar-refractivity contribution in [2.75, 3.05) is 25.0 Å². The number of carbonyl (C=O) groups is 3. The van der Waals surface area contributed by atoms with Crippen molar-refractivity contribution in [3.05, 3.63) is 65.7 Å². The third-order valence-corrected chi connectivity index (χ3v) is 3.78. The molecule has 0 aromatic heterocycles. The molecule has 0 aliphatic heterocycles. The van der Waals surface area contributed by atoms with Crippen LogP contribution >= 0.6 is 12.4 Å². The van der Waals surface area contributed by atoms with Crippen LogP contribution in [0.25, 0.3) is 0 Å². The summed E-state index contributed by atoms with van der Waals surface area (Å²) in [6.07, 6.45) is 0.722. The monoisotopic (exact) mass is 404 g/mol. The molecule has 0 bridgehead atoms. The summed E-state index contributed by atoms with van der Waals surface area (Å²) in [6.45, 7) is 1.09. The topological polar surface area (TPSA) is 113 Å². The zero-order valence-electron chi connectivity index (χ0n) is 15.4. The minimum Gasteiger partial charge on any atom is -0.352 e. The first-order valence-corrected chi connectivity index (χ1v) is 8.82. The minimum absolute atomic E-state index is 0. The van der Waals surface area contributed by atoms with E-state index in [1.165, 1.54) is 0 Å². The second-order valence-corrected chi connectivity index (χ2v) is 5.86. The van der Waals surface area contributed by atoms with Crippen LogP contribution in [0.1, 0.15) is 33.6 Å². The van der Waals surface area contributed by atoms with Crippen LogP contribution in [0, 0.1) is 0 Å². The molecular formula is C20H25ClN4O3. The average molecular weight is 405 g/mol. The molecule has 0 saturated carbocycles. The molecule has 0 atom stereocenters. The Bertz CT molecular complexity index is 784. The van der Waals surface area contributed by atoms with Gasteiger partial charge in [0.05, 0.1) is 11.3 Å². The van der Waals surface area contributed by atoms with Gasteiger partial charge in [-0.15, -0.1) is 12.4 Å². The summed E-state index contributed by atoms with van der Waals surface area (Å²) in [7, 11) is 0. The Kier molecular flexibility index (Phi) is 10.3. The van der Waals surface area contributed by atoms with Crippen LogP contribution in [0.15, 0.2) is 54.6 Å². The van der Waals surface area contributed by atoms with Crippen LogP contribution in [0.5, 0.6) is 0 Å². The summed E-state index contributed by atoms with van der Waals surface area (Å²) in [5.41, 5.74) is 6.80. The number of nitrogens with two attached hydrogens (primary N) is 1. The van der Waals surface area contributed by atoms with Gasteiger partial charge in [-0.3, -0.25) is 14.4 Å². The second-order valence-electron chi connectivity index (χ2n) is 5.86. The number of carbonyl (C=O) groups excluding carboxylic acids is 3. The van der Waals surface area contributed by atoms with Gasteiger partial charge in [0, 0.05) is 31.6 Å². The molecule has 8 heteroatoms. The van der Waals surface area contributed by atoms with Gasteiger partial charge in [0.2, 0.25) is 5.91 Å². The van der Waals surface area contributed by atoms with E-state index in [1.807, 2.05) is 6.07 Å². The molecule has 3 amide bonds. The Morgan fingerprint density at radius 1 is 0.821 bits per heavy atom. The number of hydrogen-bond acceptors (Lipinski definition) is 4. The SMILES string of the molecule is Cl.NCCNC(=O)c1ccccc1NC(=O)CCCNC(=O)c1ccccc1. The summed E-state index contributed by atoms with van der Waals surface area (Å²) in [4.78, 5) is 36.2. The Hall–Kier alpha value is -2.90. The van der Waals surface area contributed by atoms with E-state index in [-0.39, 0.29) is 36.5 Å². The molecule has 2 aromatic rings. The summed E-state index contributed by atoms with van der Waals surface area (Å²) in [5.74, 6) is -0.674. The Labute approximate surface area is 170 Å². The highest BCUT2D eigenvalue weighted by Crippen LogP contribution is 2.15. The van der Waals surface area contributed by atoms with E-state index in [2.05, 4.69) is 16.0 Å². The summed E-state index contributed by atoms with van der Waals surface area (Å²) in [5, 5.41) is 8.20. The molecular weight excluding hydrogens is 380 g/mol. The molecule has 0 radical (unpaired) electrons. The zero-order valence-corrected chi connectivity index (χ0v) is 16.3. The molecule has 7 nitrogen and oxygen atoms in total. The molecule has 2 rings (SSSR count). The lowest BCUT2D eigenvalue weighted by Crippen LogP contribution is -2.30. The molecule has 0 unspecified atom stereocenters. The van der Waals surface area contributed by atoms with Gasteiger partial charge >= 0.3 is 0 Å². The lowest BCUT2D eigenvalue weighted by molar-refractivity contribution is -0.116. The van der Waals surface area contributed by atoms with Crippen molar-refractivity contribution < 1.29 is 14.4 Å². The zero-order chi connectivity index (χ0) is 19.5. The standard InChI is InChI=1S/C20H24N4O3.ClH/c21-12-14-23-20(27)16-9-4-5-10-17(16)24-18(25)11-6-13-22-19(26)15-7-2-1-3-8-15;/h1-5,7-10H,6,11-14,21H2,(H,22,26)(H,23,27)(H,24,25);1H. The maximum atomic E-state index is 12.1. The van der Waals surface area contributed by atoms with Gasteiger partial charge in [-0.25, -0.2) is 0 Å². The maximum absolute atomic E-state index is 12.1. The van der Waals surface area contributed by atoms with Crippen LogP contribution in [-0.4, -0.2) is 37.4 Å². The average Bonchev–Trinajstić information content (AvgIpc) is 2.70. The number of rotatable bonds is 9. The second kappa shape index (κ2) is 12.5. The van der Waals surface area contributed by atoms with Crippen molar-refractivity contribution in [2.45, 2.75) is 12.8 Å². The highest BCUT2D eigenvalue weighted by molar-refractivity contribution is 6.03. The number of para-hydroxylation sites is 1. The largest absolute Gasteiger partial charge is 0.352 e. The first-order valence-electron chi connectivity index (χ1n) is 8.82. The van der Waals surface area contributed by atoms with E-state index >= 15 is 0 Å². The molecule has 150 valence electrons. The van der Waals surface area contributed by atoms with Gasteiger partial charge in [0.1, 0.15) is 0 Å². The highest BCUT2D eigenvalue weighted by atomic mass is 35.5. The van der Waals surface area contributed by atoms with Gasteiger partial charge < -0.3 is 21.7 Å². The predicted molar refractivity (Wildman–Crippen MR) is 112 cm³/mol. The van der Waals surface area contributed by atoms with E-state index in [0.29, 0.717) is 42.9 Å². The van der Waals surface area contributed by atoms with E-state index in [9.17, 15) is 14.4 Å². The minimum atomic E-state index is -0.286. The number of benzene rings is 2. The molecule has 0 heterocycles. The van der Waals surface area contributed by atoms with Crippen molar-refractivity contribution in [1.82, 2.24) is 10.6 Å². The first-order chi connectivity index (χ1) is 13.1. The van der Waals surface area contributed by atoms with E-state index in [0.717, 1.165) is 0 Å². The van der Waals surface area contributed by atoms with Gasteiger partial charge in [-0.05, 0) is 30.7 Å². The fraction of sp³-hybridized carbons (Fsp3) is 0.250. The Balaban J connectivity index is 0.00000392. The summed E-state index contributed by atoms with van der Waals surface area (Å²) in [6, 6.07) is 15.7. The number of anilines is 1. The molecule has 2 aromatic carbocycles.